The van der Waals surface area contributed by atoms with Gasteiger partial charge in [-0.15, -0.1) is 0 Å². The Morgan fingerprint density at radius 2 is 2.29 bits per heavy atom. The monoisotopic (exact) mass is 300 g/mol. The minimum atomic E-state index is -4.37. The maximum Gasteiger partial charge on any atom is 0.408 e. The van der Waals surface area contributed by atoms with Gasteiger partial charge in [-0.25, -0.2) is 9.97 Å². The first-order chi connectivity index (χ1) is 9.93. The third-order valence-corrected chi connectivity index (χ3v) is 3.22. The summed E-state index contributed by atoms with van der Waals surface area (Å²) in [6.45, 7) is -0.0162. The first kappa shape index (κ1) is 13.7. The Bertz CT molecular complexity index is 694. The van der Waals surface area contributed by atoms with Crippen molar-refractivity contribution in [3.05, 3.63) is 40.5 Å². The van der Waals surface area contributed by atoms with Crippen LogP contribution in [0.1, 0.15) is 18.0 Å². The number of alkyl halides is 3. The largest absolute Gasteiger partial charge is 0.449 e. The Labute approximate surface area is 116 Å². The van der Waals surface area contributed by atoms with Crippen LogP contribution in [0.5, 0.6) is 0 Å². The first-order valence-corrected chi connectivity index (χ1v) is 6.26. The molecule has 1 unspecified atom stereocenters. The highest BCUT2D eigenvalue weighted by Gasteiger charge is 2.41. The van der Waals surface area contributed by atoms with Gasteiger partial charge in [0.25, 0.3) is 5.56 Å². The Morgan fingerprint density at radius 3 is 2.95 bits per heavy atom. The van der Waals surface area contributed by atoms with Crippen LogP contribution in [0.4, 0.5) is 19.1 Å². The normalized spacial score (nSPS) is 18.1. The third kappa shape index (κ3) is 2.76. The Morgan fingerprint density at radius 1 is 1.48 bits per heavy atom. The summed E-state index contributed by atoms with van der Waals surface area (Å²) in [5, 5.41) is 2.27. The Hall–Kier alpha value is -2.32. The fourth-order valence-electron chi connectivity index (χ4n) is 2.20. The molecule has 0 amide bonds. The van der Waals surface area contributed by atoms with E-state index in [1.165, 1.54) is 23.1 Å². The summed E-state index contributed by atoms with van der Waals surface area (Å²) in [6, 6.07) is -0.412. The van der Waals surface area contributed by atoms with Crippen molar-refractivity contribution < 1.29 is 17.6 Å². The molecule has 0 aliphatic carbocycles. The molecule has 6 nitrogen and oxygen atoms in total. The van der Waals surface area contributed by atoms with E-state index in [9.17, 15) is 18.0 Å². The van der Waals surface area contributed by atoms with Crippen molar-refractivity contribution in [3.63, 3.8) is 0 Å². The highest BCUT2D eigenvalue weighted by molar-refractivity contribution is 5.32. The Balaban J connectivity index is 1.91. The Kier molecular flexibility index (Phi) is 3.19. The highest BCUT2D eigenvalue weighted by Crippen LogP contribution is 2.28. The number of hydrogen-bond acceptors (Lipinski definition) is 5. The number of hydrogen-bond donors (Lipinski definition) is 1. The lowest BCUT2D eigenvalue weighted by atomic mass is 10.1. The van der Waals surface area contributed by atoms with Crippen molar-refractivity contribution in [2.24, 2.45) is 0 Å². The fraction of sp³-hybridized carbons (Fsp3) is 0.417. The molecule has 0 saturated carbocycles. The summed E-state index contributed by atoms with van der Waals surface area (Å²) in [6.07, 6.45) is -1.61. The van der Waals surface area contributed by atoms with Gasteiger partial charge in [0.05, 0.1) is 18.3 Å². The van der Waals surface area contributed by atoms with Gasteiger partial charge < -0.3 is 9.73 Å². The SMILES string of the molecule is O=c1cc(Cc2ncco2)nc2n1CCC(C(F)(F)F)N2. The van der Waals surface area contributed by atoms with Crippen molar-refractivity contribution in [1.82, 2.24) is 14.5 Å². The zero-order chi connectivity index (χ0) is 15.0. The van der Waals surface area contributed by atoms with E-state index in [0.717, 1.165) is 0 Å². The molecule has 0 aromatic carbocycles. The summed E-state index contributed by atoms with van der Waals surface area (Å²) in [4.78, 5) is 19.9. The molecule has 21 heavy (non-hydrogen) atoms. The van der Waals surface area contributed by atoms with Gasteiger partial charge in [-0.1, -0.05) is 0 Å². The second kappa shape index (κ2) is 4.90. The molecule has 1 aliphatic heterocycles. The molecule has 2 aromatic heterocycles. The summed E-state index contributed by atoms with van der Waals surface area (Å²) in [5.41, 5.74) is -0.0845. The van der Waals surface area contributed by atoms with E-state index in [4.69, 9.17) is 4.42 Å². The lowest BCUT2D eigenvalue weighted by Gasteiger charge is -2.28. The standard InChI is InChI=1S/C12H11F3N4O2/c13-12(14,15)8-1-3-19-10(20)6-7(17-11(19)18-8)5-9-16-2-4-21-9/h2,4,6,8H,1,3,5H2,(H,17,18). The summed E-state index contributed by atoms with van der Waals surface area (Å²) >= 11 is 0. The van der Waals surface area contributed by atoms with Gasteiger partial charge in [0, 0.05) is 12.6 Å². The van der Waals surface area contributed by atoms with Crippen molar-refractivity contribution in [2.75, 3.05) is 5.32 Å². The molecule has 1 atom stereocenters. The van der Waals surface area contributed by atoms with Gasteiger partial charge in [-0.2, -0.15) is 13.2 Å². The molecule has 3 rings (SSSR count). The van der Waals surface area contributed by atoms with Gasteiger partial charge >= 0.3 is 6.18 Å². The molecule has 9 heteroatoms. The molecular formula is C12H11F3N4O2. The zero-order valence-electron chi connectivity index (χ0n) is 10.7. The second-order valence-corrected chi connectivity index (χ2v) is 4.69. The number of fused-ring (bicyclic) bond motifs is 1. The number of anilines is 1. The number of halogens is 3. The van der Waals surface area contributed by atoms with Gasteiger partial charge in [0.15, 0.2) is 5.89 Å². The van der Waals surface area contributed by atoms with Crippen LogP contribution in [0.15, 0.2) is 27.7 Å². The number of nitrogens with zero attached hydrogens (tertiary/aromatic N) is 3. The first-order valence-electron chi connectivity index (χ1n) is 6.26. The minimum absolute atomic E-state index is 0.0162. The molecule has 1 aliphatic rings. The predicted molar refractivity (Wildman–Crippen MR) is 65.9 cm³/mol. The van der Waals surface area contributed by atoms with Crippen LogP contribution >= 0.6 is 0 Å². The highest BCUT2D eigenvalue weighted by atomic mass is 19.4. The van der Waals surface area contributed by atoms with Crippen molar-refractivity contribution in [1.29, 1.82) is 0 Å². The molecule has 0 spiro atoms. The van der Waals surface area contributed by atoms with Crippen molar-refractivity contribution in [2.45, 2.75) is 31.6 Å². The van der Waals surface area contributed by atoms with E-state index >= 15 is 0 Å². The van der Waals surface area contributed by atoms with E-state index in [1.54, 1.807) is 0 Å². The van der Waals surface area contributed by atoms with Gasteiger partial charge in [0.1, 0.15) is 12.3 Å². The molecule has 3 heterocycles. The zero-order valence-corrected chi connectivity index (χ0v) is 10.7. The number of rotatable bonds is 2. The average Bonchev–Trinajstić information content (AvgIpc) is 2.90. The topological polar surface area (TPSA) is 73.0 Å². The smallest absolute Gasteiger partial charge is 0.408 e. The fourth-order valence-corrected chi connectivity index (χ4v) is 2.20. The number of oxazole rings is 1. The summed E-state index contributed by atoms with van der Waals surface area (Å²) < 4.78 is 44.4. The average molecular weight is 300 g/mol. The number of nitrogens with one attached hydrogen (secondary N) is 1. The van der Waals surface area contributed by atoms with Gasteiger partial charge in [0.2, 0.25) is 5.95 Å². The molecule has 0 radical (unpaired) electrons. The van der Waals surface area contributed by atoms with Crippen LogP contribution in [-0.4, -0.2) is 26.8 Å². The molecule has 0 fully saturated rings. The van der Waals surface area contributed by atoms with Crippen LogP contribution in [0, 0.1) is 0 Å². The number of aromatic nitrogens is 3. The molecule has 0 saturated heterocycles. The molecule has 0 bridgehead atoms. The molecular weight excluding hydrogens is 289 g/mol. The van der Waals surface area contributed by atoms with Crippen LogP contribution < -0.4 is 10.9 Å². The molecule has 2 aromatic rings. The van der Waals surface area contributed by atoms with Crippen LogP contribution in [0.25, 0.3) is 0 Å². The van der Waals surface area contributed by atoms with Crippen LogP contribution in [0.3, 0.4) is 0 Å². The van der Waals surface area contributed by atoms with E-state index in [2.05, 4.69) is 15.3 Å². The lowest BCUT2D eigenvalue weighted by Crippen LogP contribution is -2.44. The predicted octanol–water partition coefficient (Wildman–Crippen LogP) is 1.57. The molecule has 112 valence electrons. The minimum Gasteiger partial charge on any atom is -0.449 e. The summed E-state index contributed by atoms with van der Waals surface area (Å²) in [7, 11) is 0. The van der Waals surface area contributed by atoms with Crippen LogP contribution in [0.2, 0.25) is 0 Å². The van der Waals surface area contributed by atoms with E-state index in [0.29, 0.717) is 11.6 Å². The van der Waals surface area contributed by atoms with Crippen molar-refractivity contribution in [3.8, 4) is 0 Å². The van der Waals surface area contributed by atoms with Crippen molar-refractivity contribution >= 4 is 5.95 Å². The maximum atomic E-state index is 12.7. The second-order valence-electron chi connectivity index (χ2n) is 4.69. The van der Waals surface area contributed by atoms with E-state index in [1.807, 2.05) is 0 Å². The van der Waals surface area contributed by atoms with Crippen LogP contribution in [-0.2, 0) is 13.0 Å². The summed E-state index contributed by atoms with van der Waals surface area (Å²) in [5.74, 6) is 0.271. The molecule has 1 N–H and O–H groups in total. The third-order valence-electron chi connectivity index (χ3n) is 3.22. The van der Waals surface area contributed by atoms with E-state index < -0.39 is 17.8 Å². The maximum absolute atomic E-state index is 12.7. The lowest BCUT2D eigenvalue weighted by molar-refractivity contribution is -0.145. The van der Waals surface area contributed by atoms with Gasteiger partial charge in [-0.3, -0.25) is 9.36 Å². The quantitative estimate of drug-likeness (QED) is 0.911. The van der Waals surface area contributed by atoms with Gasteiger partial charge in [-0.05, 0) is 6.42 Å². The van der Waals surface area contributed by atoms with E-state index in [-0.39, 0.29) is 25.3 Å².